The summed E-state index contributed by atoms with van der Waals surface area (Å²) in [5, 5.41) is 0. The molecule has 2 atom stereocenters. The molecule has 0 spiro atoms. The number of hydrogen-bond donors (Lipinski definition) is 0. The van der Waals surface area contributed by atoms with Gasteiger partial charge < -0.3 is 4.74 Å². The Morgan fingerprint density at radius 3 is 2.00 bits per heavy atom. The maximum Gasteiger partial charge on any atom is 0.171 e. The van der Waals surface area contributed by atoms with Crippen LogP contribution in [0, 0.1) is 0 Å². The lowest BCUT2D eigenvalue weighted by atomic mass is 9.97. The molecule has 0 unspecified atom stereocenters. The summed E-state index contributed by atoms with van der Waals surface area (Å²) in [6.07, 6.45) is 1.56. The molecule has 3 rings (SSSR count). The lowest BCUT2D eigenvalue weighted by Crippen LogP contribution is -2.06. The Hall–Kier alpha value is -2.09. The van der Waals surface area contributed by atoms with E-state index in [1.165, 1.54) is 11.1 Å². The van der Waals surface area contributed by atoms with E-state index in [1.807, 2.05) is 36.4 Å². The Kier molecular flexibility index (Phi) is 2.62. The molecule has 1 aliphatic rings. The van der Waals surface area contributed by atoms with E-state index >= 15 is 0 Å². The molecule has 1 aliphatic heterocycles. The molecule has 0 bridgehead atoms. The molecule has 0 aromatic heterocycles. The number of nitrogens with zero attached hydrogens (tertiary/aromatic N) is 1. The van der Waals surface area contributed by atoms with Gasteiger partial charge in [0.05, 0.1) is 0 Å². The molecular formula is C15H13NO. The Bertz CT molecular complexity index is 507. The first-order chi connectivity index (χ1) is 8.45. The van der Waals surface area contributed by atoms with Gasteiger partial charge in [0.15, 0.2) is 12.5 Å². The molecule has 2 heteroatoms. The molecule has 17 heavy (non-hydrogen) atoms. The average Bonchev–Trinajstić information content (AvgIpc) is 2.90. The van der Waals surface area contributed by atoms with Gasteiger partial charge in [0.2, 0.25) is 0 Å². The van der Waals surface area contributed by atoms with E-state index in [0.29, 0.717) is 0 Å². The summed E-state index contributed by atoms with van der Waals surface area (Å²) in [4.78, 5) is 4.42. The van der Waals surface area contributed by atoms with Gasteiger partial charge >= 0.3 is 0 Å². The molecule has 0 N–H and O–H groups in total. The van der Waals surface area contributed by atoms with E-state index in [2.05, 4.69) is 29.3 Å². The second-order valence-corrected chi connectivity index (χ2v) is 4.08. The van der Waals surface area contributed by atoms with Crippen LogP contribution in [0.15, 0.2) is 65.7 Å². The van der Waals surface area contributed by atoms with Crippen LogP contribution in [0.5, 0.6) is 0 Å². The number of rotatable bonds is 2. The normalized spacial score (nSPS) is 22.4. The van der Waals surface area contributed by atoms with Crippen molar-refractivity contribution >= 4 is 6.40 Å². The van der Waals surface area contributed by atoms with Crippen molar-refractivity contribution in [2.24, 2.45) is 4.99 Å². The van der Waals surface area contributed by atoms with E-state index in [0.717, 1.165) is 0 Å². The Morgan fingerprint density at radius 2 is 1.35 bits per heavy atom. The van der Waals surface area contributed by atoms with Crippen LogP contribution in [-0.4, -0.2) is 6.40 Å². The largest absolute Gasteiger partial charge is 0.473 e. The lowest BCUT2D eigenvalue weighted by Gasteiger charge is -2.17. The van der Waals surface area contributed by atoms with Gasteiger partial charge in [0.1, 0.15) is 6.04 Å². The average molecular weight is 223 g/mol. The summed E-state index contributed by atoms with van der Waals surface area (Å²) in [5.74, 6) is 0. The van der Waals surface area contributed by atoms with Crippen LogP contribution in [0.1, 0.15) is 23.3 Å². The van der Waals surface area contributed by atoms with E-state index in [9.17, 15) is 0 Å². The van der Waals surface area contributed by atoms with Crippen LogP contribution >= 0.6 is 0 Å². The van der Waals surface area contributed by atoms with Gasteiger partial charge in [-0.05, 0) is 11.1 Å². The minimum atomic E-state index is -0.00130. The summed E-state index contributed by atoms with van der Waals surface area (Å²) >= 11 is 0. The highest BCUT2D eigenvalue weighted by molar-refractivity contribution is 5.52. The number of aliphatic imine (C=N–C) groups is 1. The van der Waals surface area contributed by atoms with Crippen LogP contribution < -0.4 is 0 Å². The van der Waals surface area contributed by atoms with Crippen LogP contribution in [0.25, 0.3) is 0 Å². The number of benzene rings is 2. The minimum absolute atomic E-state index is 0.00130. The fourth-order valence-corrected chi connectivity index (χ4v) is 2.13. The van der Waals surface area contributed by atoms with Crippen molar-refractivity contribution in [2.75, 3.05) is 0 Å². The van der Waals surface area contributed by atoms with Crippen molar-refractivity contribution in [1.82, 2.24) is 0 Å². The second kappa shape index (κ2) is 4.42. The first-order valence-corrected chi connectivity index (χ1v) is 5.72. The quantitative estimate of drug-likeness (QED) is 0.763. The summed E-state index contributed by atoms with van der Waals surface area (Å²) in [5.41, 5.74) is 2.36. The van der Waals surface area contributed by atoms with Crippen molar-refractivity contribution < 1.29 is 4.74 Å². The minimum Gasteiger partial charge on any atom is -0.473 e. The predicted molar refractivity (Wildman–Crippen MR) is 67.9 cm³/mol. The molecule has 2 aromatic rings. The first kappa shape index (κ1) is 10.1. The second-order valence-electron chi connectivity index (χ2n) is 4.08. The summed E-state index contributed by atoms with van der Waals surface area (Å²) in [7, 11) is 0. The van der Waals surface area contributed by atoms with Crippen molar-refractivity contribution in [3.05, 3.63) is 71.8 Å². The van der Waals surface area contributed by atoms with Crippen molar-refractivity contribution in [2.45, 2.75) is 12.1 Å². The standard InChI is InChI=1S/C15H13NO/c1-3-7-12(8-4-1)14-15(17-11-16-14)13-9-5-2-6-10-13/h1-11,14-15H/t14-,15+/m1/s1. The third-order valence-electron chi connectivity index (χ3n) is 2.98. The molecule has 84 valence electrons. The van der Waals surface area contributed by atoms with Gasteiger partial charge in [0.25, 0.3) is 0 Å². The highest BCUT2D eigenvalue weighted by Gasteiger charge is 2.28. The van der Waals surface area contributed by atoms with Gasteiger partial charge in [0, 0.05) is 0 Å². The smallest absolute Gasteiger partial charge is 0.171 e. The Morgan fingerprint density at radius 1 is 0.765 bits per heavy atom. The monoisotopic (exact) mass is 223 g/mol. The van der Waals surface area contributed by atoms with Crippen LogP contribution in [0.4, 0.5) is 0 Å². The topological polar surface area (TPSA) is 21.6 Å². The summed E-state index contributed by atoms with van der Waals surface area (Å²) < 4.78 is 5.61. The van der Waals surface area contributed by atoms with Gasteiger partial charge in [-0.15, -0.1) is 0 Å². The van der Waals surface area contributed by atoms with Crippen LogP contribution in [0.2, 0.25) is 0 Å². The van der Waals surface area contributed by atoms with E-state index < -0.39 is 0 Å². The molecule has 0 saturated heterocycles. The zero-order chi connectivity index (χ0) is 11.5. The van der Waals surface area contributed by atoms with Crippen LogP contribution in [-0.2, 0) is 4.74 Å². The highest BCUT2D eigenvalue weighted by atomic mass is 16.5. The van der Waals surface area contributed by atoms with Crippen molar-refractivity contribution in [1.29, 1.82) is 0 Å². The molecular weight excluding hydrogens is 210 g/mol. The Balaban J connectivity index is 1.93. The maximum absolute atomic E-state index is 5.61. The van der Waals surface area contributed by atoms with E-state index in [-0.39, 0.29) is 12.1 Å². The third-order valence-corrected chi connectivity index (χ3v) is 2.98. The zero-order valence-electron chi connectivity index (χ0n) is 9.36. The molecule has 0 radical (unpaired) electrons. The first-order valence-electron chi connectivity index (χ1n) is 5.72. The predicted octanol–water partition coefficient (Wildman–Crippen LogP) is 3.53. The zero-order valence-corrected chi connectivity index (χ0v) is 9.36. The number of ether oxygens (including phenoxy) is 1. The van der Waals surface area contributed by atoms with Crippen molar-refractivity contribution in [3.8, 4) is 0 Å². The fraction of sp³-hybridized carbons (Fsp3) is 0.133. The lowest BCUT2D eigenvalue weighted by molar-refractivity contribution is 0.205. The van der Waals surface area contributed by atoms with Gasteiger partial charge in [-0.2, -0.15) is 0 Å². The molecule has 0 aliphatic carbocycles. The van der Waals surface area contributed by atoms with Crippen molar-refractivity contribution in [3.63, 3.8) is 0 Å². The van der Waals surface area contributed by atoms with Crippen LogP contribution in [0.3, 0.4) is 0 Å². The van der Waals surface area contributed by atoms with Gasteiger partial charge in [-0.25, -0.2) is 4.99 Å². The Labute approximate surface area is 101 Å². The number of hydrogen-bond acceptors (Lipinski definition) is 2. The van der Waals surface area contributed by atoms with Gasteiger partial charge in [-0.1, -0.05) is 60.7 Å². The molecule has 0 amide bonds. The summed E-state index contributed by atoms with van der Waals surface area (Å²) in [6, 6.07) is 20.6. The molecule has 0 fully saturated rings. The molecule has 1 heterocycles. The molecule has 2 nitrogen and oxygen atoms in total. The fourth-order valence-electron chi connectivity index (χ4n) is 2.13. The molecule has 2 aromatic carbocycles. The van der Waals surface area contributed by atoms with Gasteiger partial charge in [-0.3, -0.25) is 0 Å². The van der Waals surface area contributed by atoms with E-state index in [4.69, 9.17) is 4.74 Å². The van der Waals surface area contributed by atoms with E-state index in [1.54, 1.807) is 6.40 Å². The third kappa shape index (κ3) is 1.94. The SMILES string of the molecule is C1=N[C@H](c2ccccc2)[C@H](c2ccccc2)O1. The maximum atomic E-state index is 5.61. The summed E-state index contributed by atoms with van der Waals surface area (Å²) in [6.45, 7) is 0. The molecule has 0 saturated carbocycles. The highest BCUT2D eigenvalue weighted by Crippen LogP contribution is 2.37.